The summed E-state index contributed by atoms with van der Waals surface area (Å²) in [5.74, 6) is 0.218. The Morgan fingerprint density at radius 3 is 2.02 bits per heavy atom. The van der Waals surface area contributed by atoms with Crippen LogP contribution in [0.1, 0.15) is 81.5 Å². The lowest BCUT2D eigenvalue weighted by Gasteiger charge is -2.49. The van der Waals surface area contributed by atoms with Gasteiger partial charge in [-0.05, 0) is 72.4 Å². The number of Topliss-reactive ketones (excluding diaryl/α,β-unsaturated/α-hetero) is 2. The van der Waals surface area contributed by atoms with E-state index in [4.69, 9.17) is 9.47 Å². The first kappa shape index (κ1) is 33.3. The third kappa shape index (κ3) is 6.69. The number of rotatable bonds is 8. The van der Waals surface area contributed by atoms with Crippen molar-refractivity contribution in [3.63, 3.8) is 0 Å². The van der Waals surface area contributed by atoms with E-state index in [0.717, 1.165) is 52.2 Å². The molecule has 3 aliphatic rings. The summed E-state index contributed by atoms with van der Waals surface area (Å²) >= 11 is 0. The minimum Gasteiger partial charge on any atom is -0.493 e. The van der Waals surface area contributed by atoms with Crippen LogP contribution in [0.2, 0.25) is 0 Å². The predicted molar refractivity (Wildman–Crippen MR) is 188 cm³/mol. The van der Waals surface area contributed by atoms with Crippen molar-refractivity contribution in [3.8, 4) is 11.5 Å². The van der Waals surface area contributed by atoms with E-state index in [-0.39, 0.29) is 34.9 Å². The zero-order chi connectivity index (χ0) is 34.4. The van der Waals surface area contributed by atoms with Crippen LogP contribution in [0.25, 0.3) is 0 Å². The van der Waals surface area contributed by atoms with Crippen molar-refractivity contribution in [1.29, 1.82) is 0 Å². The van der Waals surface area contributed by atoms with Crippen LogP contribution < -0.4 is 14.8 Å². The number of nitrogens with one attached hydrogen (secondary N) is 1. The Labute approximate surface area is 284 Å². The van der Waals surface area contributed by atoms with Crippen LogP contribution in [0.4, 0.5) is 5.69 Å². The van der Waals surface area contributed by atoms with Crippen molar-refractivity contribution in [2.24, 2.45) is 10.8 Å². The fraction of sp³-hybridized carbons (Fsp3) is 0.390. The summed E-state index contributed by atoms with van der Waals surface area (Å²) in [5, 5.41) is 2.92. The molecular formula is C41H46N2O5. The van der Waals surface area contributed by atoms with Crippen LogP contribution in [0, 0.1) is 24.7 Å². The second-order valence-electron chi connectivity index (χ2n) is 15.2. The fourth-order valence-corrected chi connectivity index (χ4v) is 7.60. The molecule has 250 valence electrons. The van der Waals surface area contributed by atoms with E-state index in [1.54, 1.807) is 13.2 Å². The Kier molecular flexibility index (Phi) is 8.84. The lowest BCUT2D eigenvalue weighted by Crippen LogP contribution is -2.44. The van der Waals surface area contributed by atoms with Gasteiger partial charge in [0, 0.05) is 53.5 Å². The molecule has 1 heterocycles. The van der Waals surface area contributed by atoms with Gasteiger partial charge < -0.3 is 19.7 Å². The quantitative estimate of drug-likeness (QED) is 0.266. The van der Waals surface area contributed by atoms with Crippen molar-refractivity contribution >= 4 is 23.2 Å². The highest BCUT2D eigenvalue weighted by Crippen LogP contribution is 2.55. The maximum absolute atomic E-state index is 14.2. The van der Waals surface area contributed by atoms with Gasteiger partial charge in [-0.25, -0.2) is 0 Å². The number of aryl methyl sites for hydroxylation is 2. The molecule has 0 spiro atoms. The monoisotopic (exact) mass is 646 g/mol. The van der Waals surface area contributed by atoms with Crippen LogP contribution in [0.15, 0.2) is 89.3 Å². The van der Waals surface area contributed by atoms with Crippen molar-refractivity contribution in [2.45, 2.75) is 79.7 Å². The Bertz CT molecular complexity index is 1800. The molecule has 0 unspecified atom stereocenters. The highest BCUT2D eigenvalue weighted by atomic mass is 16.5. The summed E-state index contributed by atoms with van der Waals surface area (Å²) < 4.78 is 11.7. The molecule has 0 aromatic heterocycles. The van der Waals surface area contributed by atoms with Gasteiger partial charge in [0.15, 0.2) is 29.7 Å². The van der Waals surface area contributed by atoms with Crippen molar-refractivity contribution < 1.29 is 23.9 Å². The van der Waals surface area contributed by atoms with Crippen LogP contribution in [-0.2, 0) is 20.9 Å². The molecule has 1 aliphatic heterocycles. The maximum Gasteiger partial charge on any atom is 0.262 e. The second kappa shape index (κ2) is 12.8. The normalized spacial score (nSPS) is 18.8. The first-order valence-electron chi connectivity index (χ1n) is 16.8. The van der Waals surface area contributed by atoms with Crippen molar-refractivity contribution in [2.75, 3.05) is 19.0 Å². The van der Waals surface area contributed by atoms with Gasteiger partial charge in [-0.15, -0.1) is 0 Å². The minimum absolute atomic E-state index is 0.0795. The molecule has 7 heteroatoms. The topological polar surface area (TPSA) is 84.9 Å². The van der Waals surface area contributed by atoms with Gasteiger partial charge in [0.05, 0.1) is 7.11 Å². The number of nitrogens with zero attached hydrogens (tertiary/aromatic N) is 1. The summed E-state index contributed by atoms with van der Waals surface area (Å²) in [5.41, 5.74) is 7.79. The smallest absolute Gasteiger partial charge is 0.262 e. The van der Waals surface area contributed by atoms with Crippen LogP contribution in [0.3, 0.4) is 0 Å². The third-order valence-corrected chi connectivity index (χ3v) is 9.74. The standard InChI is InChI=1S/C41H46N2O5/c1-25-13-15-29(26(2)17-25)42-36(46)24-48-34-16-14-28(18-35(34)47-7)37-38-30(19-40(3,4)21-32(38)44)43(23-27-11-9-8-10-12-27)31-20-41(5,6)22-33(45)39(31)37/h8-18,37H,19-24H2,1-7H3,(H,42,46). The minimum atomic E-state index is -0.509. The van der Waals surface area contributed by atoms with Crippen LogP contribution >= 0.6 is 0 Å². The van der Waals surface area contributed by atoms with Gasteiger partial charge in [-0.3, -0.25) is 14.4 Å². The number of anilines is 1. The molecule has 0 saturated carbocycles. The summed E-state index contributed by atoms with van der Waals surface area (Å²) in [6.07, 6.45) is 2.29. The van der Waals surface area contributed by atoms with Crippen LogP contribution in [0.5, 0.6) is 11.5 Å². The average molecular weight is 647 g/mol. The van der Waals surface area contributed by atoms with E-state index in [1.165, 1.54) is 0 Å². The molecule has 6 rings (SSSR count). The number of allylic oxidation sites excluding steroid dienone is 4. The zero-order valence-corrected chi connectivity index (χ0v) is 29.2. The Morgan fingerprint density at radius 2 is 1.44 bits per heavy atom. The molecule has 1 N–H and O–H groups in total. The highest BCUT2D eigenvalue weighted by molar-refractivity contribution is 6.07. The first-order chi connectivity index (χ1) is 22.7. The van der Waals surface area contributed by atoms with Crippen LogP contribution in [-0.4, -0.2) is 36.1 Å². The van der Waals surface area contributed by atoms with Gasteiger partial charge in [-0.1, -0.05) is 81.8 Å². The van der Waals surface area contributed by atoms with E-state index in [1.807, 2.05) is 62.4 Å². The molecule has 0 bridgehead atoms. The molecule has 0 saturated heterocycles. The lowest BCUT2D eigenvalue weighted by molar-refractivity contribution is -0.120. The van der Waals surface area contributed by atoms with Crippen molar-refractivity contribution in [3.05, 3.63) is 112 Å². The number of carbonyl (C=O) groups excluding carboxylic acids is 3. The number of hydrogen-bond acceptors (Lipinski definition) is 6. The van der Waals surface area contributed by atoms with E-state index in [2.05, 4.69) is 50.0 Å². The van der Waals surface area contributed by atoms with E-state index < -0.39 is 5.92 Å². The van der Waals surface area contributed by atoms with E-state index in [9.17, 15) is 14.4 Å². The zero-order valence-electron chi connectivity index (χ0n) is 29.2. The van der Waals surface area contributed by atoms with Gasteiger partial charge in [-0.2, -0.15) is 0 Å². The molecule has 0 fully saturated rings. The summed E-state index contributed by atoms with van der Waals surface area (Å²) in [7, 11) is 1.56. The largest absolute Gasteiger partial charge is 0.493 e. The molecule has 7 nitrogen and oxygen atoms in total. The fourth-order valence-electron chi connectivity index (χ4n) is 7.60. The summed E-state index contributed by atoms with van der Waals surface area (Å²) in [6.45, 7) is 13.0. The molecule has 0 atom stereocenters. The van der Waals surface area contributed by atoms with Gasteiger partial charge in [0.2, 0.25) is 0 Å². The lowest BCUT2D eigenvalue weighted by atomic mass is 9.63. The third-order valence-electron chi connectivity index (χ3n) is 9.74. The molecule has 3 aromatic carbocycles. The van der Waals surface area contributed by atoms with Gasteiger partial charge in [0.1, 0.15) is 0 Å². The number of hydrogen-bond donors (Lipinski definition) is 1. The van der Waals surface area contributed by atoms with Gasteiger partial charge in [0.25, 0.3) is 5.91 Å². The number of carbonyl (C=O) groups is 3. The molecule has 0 radical (unpaired) electrons. The number of methoxy groups -OCH3 is 1. The number of amides is 1. The van der Waals surface area contributed by atoms with Crippen molar-refractivity contribution in [1.82, 2.24) is 4.90 Å². The number of ether oxygens (including phenoxy) is 2. The molecular weight excluding hydrogens is 600 g/mol. The van der Waals surface area contributed by atoms with E-state index >= 15 is 0 Å². The van der Waals surface area contributed by atoms with Gasteiger partial charge >= 0.3 is 0 Å². The summed E-state index contributed by atoms with van der Waals surface area (Å²) in [4.78, 5) is 43.5. The maximum atomic E-state index is 14.2. The van der Waals surface area contributed by atoms with E-state index in [0.29, 0.717) is 42.0 Å². The molecule has 1 amide bonds. The second-order valence-corrected chi connectivity index (χ2v) is 15.2. The highest BCUT2D eigenvalue weighted by Gasteiger charge is 2.49. The molecule has 3 aromatic rings. The Morgan fingerprint density at radius 1 is 0.812 bits per heavy atom. The first-order valence-corrected chi connectivity index (χ1v) is 16.8. The Balaban J connectivity index is 1.38. The predicted octanol–water partition coefficient (Wildman–Crippen LogP) is 8.22. The summed E-state index contributed by atoms with van der Waals surface area (Å²) in [6, 6.07) is 21.7. The average Bonchev–Trinajstić information content (AvgIpc) is 3.01. The number of benzene rings is 3. The SMILES string of the molecule is COc1cc(C2C3=C(CC(C)(C)CC3=O)N(Cc3ccccc3)C3=C2C(=O)CC(C)(C)C3)ccc1OCC(=O)Nc1ccc(C)cc1C. The molecule has 2 aliphatic carbocycles. The number of ketones is 2. The molecule has 48 heavy (non-hydrogen) atoms. The Hall–Kier alpha value is -4.65.